The maximum absolute atomic E-state index is 12.3. The minimum absolute atomic E-state index is 0.127. The monoisotopic (exact) mass is 382 g/mol. The number of amides is 1. The third kappa shape index (κ3) is 4.03. The van der Waals surface area contributed by atoms with E-state index < -0.39 is 0 Å². The highest BCUT2D eigenvalue weighted by Gasteiger charge is 2.15. The van der Waals surface area contributed by atoms with Gasteiger partial charge in [0.25, 0.3) is 0 Å². The summed E-state index contributed by atoms with van der Waals surface area (Å²) < 4.78 is 16.0. The van der Waals surface area contributed by atoms with Crippen molar-refractivity contribution in [3.8, 4) is 27.8 Å². The van der Waals surface area contributed by atoms with Gasteiger partial charge in [0.2, 0.25) is 12.7 Å². The molecule has 0 bridgehead atoms. The number of aromatic nitrogens is 1. The molecule has 1 aliphatic rings. The van der Waals surface area contributed by atoms with Crippen LogP contribution in [0.3, 0.4) is 0 Å². The molecule has 4 rings (SSSR count). The lowest BCUT2D eigenvalue weighted by molar-refractivity contribution is -0.115. The molecule has 0 aliphatic carbocycles. The van der Waals surface area contributed by atoms with Gasteiger partial charge in [-0.25, -0.2) is 4.98 Å². The van der Waals surface area contributed by atoms with E-state index in [1.54, 1.807) is 18.2 Å². The fourth-order valence-corrected chi connectivity index (χ4v) is 3.55. The number of nitrogens with zero attached hydrogens (tertiary/aromatic N) is 1. The molecule has 2 aromatic carbocycles. The van der Waals surface area contributed by atoms with E-state index in [0.29, 0.717) is 23.8 Å². The van der Waals surface area contributed by atoms with Gasteiger partial charge in [0.1, 0.15) is 10.8 Å². The molecule has 0 radical (unpaired) electrons. The van der Waals surface area contributed by atoms with Crippen LogP contribution in [0.5, 0.6) is 17.2 Å². The molecule has 3 aromatic rings. The van der Waals surface area contributed by atoms with Crippen LogP contribution in [0.4, 0.5) is 5.69 Å². The van der Waals surface area contributed by atoms with Crippen LogP contribution in [0.2, 0.25) is 0 Å². The van der Waals surface area contributed by atoms with Crippen LogP contribution in [-0.4, -0.2) is 24.3 Å². The highest BCUT2D eigenvalue weighted by atomic mass is 32.1. The molecule has 1 aromatic heterocycles. The number of anilines is 1. The second-order valence-electron chi connectivity index (χ2n) is 5.89. The van der Waals surface area contributed by atoms with E-state index in [0.717, 1.165) is 22.0 Å². The third-order valence-electron chi connectivity index (χ3n) is 3.96. The average Bonchev–Trinajstić information content (AvgIpc) is 3.31. The number of ether oxygens (including phenoxy) is 3. The maximum atomic E-state index is 12.3. The van der Waals surface area contributed by atoms with Gasteiger partial charge < -0.3 is 19.5 Å². The highest BCUT2D eigenvalue weighted by Crippen LogP contribution is 2.34. The summed E-state index contributed by atoms with van der Waals surface area (Å²) in [7, 11) is 0. The van der Waals surface area contributed by atoms with E-state index in [4.69, 9.17) is 14.2 Å². The van der Waals surface area contributed by atoms with Crippen molar-refractivity contribution >= 4 is 22.9 Å². The zero-order chi connectivity index (χ0) is 18.6. The Morgan fingerprint density at radius 2 is 2.00 bits per heavy atom. The van der Waals surface area contributed by atoms with Crippen molar-refractivity contribution in [3.63, 3.8) is 0 Å². The Labute approximate surface area is 160 Å². The van der Waals surface area contributed by atoms with E-state index >= 15 is 0 Å². The van der Waals surface area contributed by atoms with Crippen molar-refractivity contribution in [1.29, 1.82) is 0 Å². The summed E-state index contributed by atoms with van der Waals surface area (Å²) in [6.07, 6.45) is 0.210. The van der Waals surface area contributed by atoms with E-state index in [2.05, 4.69) is 10.3 Å². The van der Waals surface area contributed by atoms with Gasteiger partial charge in [-0.2, -0.15) is 0 Å². The average molecular weight is 382 g/mol. The van der Waals surface area contributed by atoms with E-state index in [1.807, 2.05) is 36.6 Å². The number of hydrogen-bond acceptors (Lipinski definition) is 6. The molecule has 1 N–H and O–H groups in total. The second kappa shape index (κ2) is 7.67. The minimum atomic E-state index is -0.127. The van der Waals surface area contributed by atoms with Crippen LogP contribution in [0, 0.1) is 0 Å². The summed E-state index contributed by atoms with van der Waals surface area (Å²) in [5, 5.41) is 5.65. The lowest BCUT2D eigenvalue weighted by atomic mass is 10.2. The minimum Gasteiger partial charge on any atom is -0.494 e. The zero-order valence-corrected chi connectivity index (χ0v) is 15.5. The molecule has 0 saturated heterocycles. The van der Waals surface area contributed by atoms with Crippen molar-refractivity contribution in [2.45, 2.75) is 13.3 Å². The lowest BCUT2D eigenvalue weighted by Gasteiger charge is -2.05. The molecular formula is C20H18N2O4S. The van der Waals surface area contributed by atoms with Gasteiger partial charge in [-0.1, -0.05) is 0 Å². The number of carbonyl (C=O) groups is 1. The highest BCUT2D eigenvalue weighted by molar-refractivity contribution is 7.13. The van der Waals surface area contributed by atoms with Gasteiger partial charge in [-0.3, -0.25) is 4.79 Å². The Kier molecular flexibility index (Phi) is 4.93. The normalized spacial score (nSPS) is 12.0. The predicted octanol–water partition coefficient (Wildman–Crippen LogP) is 4.12. The summed E-state index contributed by atoms with van der Waals surface area (Å²) in [4.78, 5) is 16.9. The molecule has 1 amide bonds. The predicted molar refractivity (Wildman–Crippen MR) is 104 cm³/mol. The molecular weight excluding hydrogens is 364 g/mol. The maximum Gasteiger partial charge on any atom is 0.231 e. The van der Waals surface area contributed by atoms with Gasteiger partial charge in [0.05, 0.1) is 18.7 Å². The topological polar surface area (TPSA) is 69.7 Å². The Balaban J connectivity index is 1.39. The van der Waals surface area contributed by atoms with Gasteiger partial charge in [-0.15, -0.1) is 11.3 Å². The first-order chi connectivity index (χ1) is 13.2. The Morgan fingerprint density at radius 1 is 1.19 bits per heavy atom. The second-order valence-corrected chi connectivity index (χ2v) is 6.75. The SMILES string of the molecule is CCOc1ccc(-c2nc(CC(=O)Nc3ccc4c(c3)OCO4)cs2)cc1. The largest absolute Gasteiger partial charge is 0.494 e. The van der Waals surface area contributed by atoms with Gasteiger partial charge in [0.15, 0.2) is 11.5 Å². The third-order valence-corrected chi connectivity index (χ3v) is 4.90. The Hall–Kier alpha value is -3.06. The van der Waals surface area contributed by atoms with Crippen molar-refractivity contribution < 1.29 is 19.0 Å². The first kappa shape index (κ1) is 17.4. The first-order valence-electron chi connectivity index (χ1n) is 8.58. The van der Waals surface area contributed by atoms with Crippen LogP contribution in [-0.2, 0) is 11.2 Å². The van der Waals surface area contributed by atoms with E-state index in [9.17, 15) is 4.79 Å². The standard InChI is InChI=1S/C20H18N2O4S/c1-2-24-16-6-3-13(4-7-16)20-22-15(11-27-20)10-19(23)21-14-5-8-17-18(9-14)26-12-25-17/h3-9,11H,2,10,12H2,1H3,(H,21,23). The summed E-state index contributed by atoms with van der Waals surface area (Å²) in [6, 6.07) is 13.1. The molecule has 27 heavy (non-hydrogen) atoms. The Bertz CT molecular complexity index is 953. The molecule has 0 atom stereocenters. The van der Waals surface area contributed by atoms with Crippen LogP contribution >= 0.6 is 11.3 Å². The summed E-state index contributed by atoms with van der Waals surface area (Å²) in [5.41, 5.74) is 2.42. The molecule has 138 valence electrons. The van der Waals surface area contributed by atoms with Crippen LogP contribution in [0.25, 0.3) is 10.6 Å². The summed E-state index contributed by atoms with van der Waals surface area (Å²) >= 11 is 1.52. The van der Waals surface area contributed by atoms with Gasteiger partial charge >= 0.3 is 0 Å². The first-order valence-corrected chi connectivity index (χ1v) is 9.46. The number of nitrogens with one attached hydrogen (secondary N) is 1. The summed E-state index contributed by atoms with van der Waals surface area (Å²) in [5.74, 6) is 2.03. The lowest BCUT2D eigenvalue weighted by Crippen LogP contribution is -2.14. The number of hydrogen-bond donors (Lipinski definition) is 1. The van der Waals surface area contributed by atoms with Crippen molar-refractivity contribution in [3.05, 3.63) is 53.5 Å². The number of fused-ring (bicyclic) bond motifs is 1. The van der Waals surface area contributed by atoms with Crippen LogP contribution < -0.4 is 19.5 Å². The van der Waals surface area contributed by atoms with Gasteiger partial charge in [0, 0.05) is 22.7 Å². The molecule has 7 heteroatoms. The fraction of sp³-hybridized carbons (Fsp3) is 0.200. The van der Waals surface area contributed by atoms with Crippen molar-refractivity contribution in [2.24, 2.45) is 0 Å². The van der Waals surface area contributed by atoms with Crippen molar-refractivity contribution in [2.75, 3.05) is 18.7 Å². The van der Waals surface area contributed by atoms with Gasteiger partial charge in [-0.05, 0) is 43.3 Å². The molecule has 1 aliphatic heterocycles. The van der Waals surface area contributed by atoms with E-state index in [1.165, 1.54) is 11.3 Å². The number of benzene rings is 2. The summed E-state index contributed by atoms with van der Waals surface area (Å²) in [6.45, 7) is 2.80. The fourth-order valence-electron chi connectivity index (χ4n) is 2.73. The number of thiazole rings is 1. The Morgan fingerprint density at radius 3 is 2.81 bits per heavy atom. The van der Waals surface area contributed by atoms with E-state index in [-0.39, 0.29) is 19.1 Å². The van der Waals surface area contributed by atoms with Crippen LogP contribution in [0.15, 0.2) is 47.8 Å². The molecule has 6 nitrogen and oxygen atoms in total. The smallest absolute Gasteiger partial charge is 0.231 e. The number of rotatable bonds is 6. The molecule has 0 fully saturated rings. The van der Waals surface area contributed by atoms with Crippen molar-refractivity contribution in [1.82, 2.24) is 4.98 Å². The molecule has 0 saturated carbocycles. The quantitative estimate of drug-likeness (QED) is 0.694. The molecule has 2 heterocycles. The molecule has 0 unspecified atom stereocenters. The number of carbonyl (C=O) groups excluding carboxylic acids is 1. The zero-order valence-electron chi connectivity index (χ0n) is 14.7. The van der Waals surface area contributed by atoms with Crippen LogP contribution in [0.1, 0.15) is 12.6 Å². The molecule has 0 spiro atoms.